The summed E-state index contributed by atoms with van der Waals surface area (Å²) in [5.41, 5.74) is 1.23. The second-order valence-corrected chi connectivity index (χ2v) is 1.59. The van der Waals surface area contributed by atoms with E-state index in [4.69, 9.17) is 4.74 Å². The third kappa shape index (κ3) is 0.455. The number of rotatable bonds is 1. The van der Waals surface area contributed by atoms with Gasteiger partial charge in [-0.1, -0.05) is 6.58 Å². The number of hydrogen-bond acceptors (Lipinski definition) is 1. The molecule has 0 aromatic carbocycles. The molecule has 1 aliphatic carbocycles. The Bertz CT molecular complexity index is 76.0. The lowest BCUT2D eigenvalue weighted by Crippen LogP contribution is -1.81. The average molecular weight is 84.1 g/mol. The van der Waals surface area contributed by atoms with Crippen molar-refractivity contribution < 1.29 is 4.74 Å². The normalized spacial score (nSPS) is 30.8. The van der Waals surface area contributed by atoms with Gasteiger partial charge < -0.3 is 4.74 Å². The van der Waals surface area contributed by atoms with E-state index in [-0.39, 0.29) is 0 Å². The molecule has 1 heteroatoms. The van der Waals surface area contributed by atoms with Gasteiger partial charge in [0, 0.05) is 13.5 Å². The molecule has 0 aromatic rings. The molecule has 0 saturated heterocycles. The highest BCUT2D eigenvalue weighted by molar-refractivity contribution is 5.20. The average Bonchev–Trinajstić information content (AvgIpc) is 2.19. The van der Waals surface area contributed by atoms with Crippen LogP contribution in [0.5, 0.6) is 0 Å². The summed E-state index contributed by atoms with van der Waals surface area (Å²) in [6, 6.07) is 0. The number of ether oxygens (including phenoxy) is 1. The lowest BCUT2D eigenvalue weighted by Gasteiger charge is -1.81. The van der Waals surface area contributed by atoms with Gasteiger partial charge in [0.15, 0.2) is 0 Å². The van der Waals surface area contributed by atoms with Crippen molar-refractivity contribution in [1.29, 1.82) is 0 Å². The van der Waals surface area contributed by atoms with E-state index in [1.54, 1.807) is 7.11 Å². The van der Waals surface area contributed by atoms with Gasteiger partial charge in [-0.3, -0.25) is 0 Å². The minimum absolute atomic E-state index is 0.407. The van der Waals surface area contributed by atoms with E-state index < -0.39 is 0 Å². The van der Waals surface area contributed by atoms with E-state index >= 15 is 0 Å². The van der Waals surface area contributed by atoms with E-state index in [1.807, 2.05) is 0 Å². The van der Waals surface area contributed by atoms with Crippen LogP contribution in [-0.2, 0) is 4.74 Å². The van der Waals surface area contributed by atoms with Crippen molar-refractivity contribution in [2.75, 3.05) is 7.11 Å². The summed E-state index contributed by atoms with van der Waals surface area (Å²) in [4.78, 5) is 0. The molecule has 0 N–H and O–H groups in total. The van der Waals surface area contributed by atoms with Crippen LogP contribution in [0.25, 0.3) is 0 Å². The first kappa shape index (κ1) is 3.88. The first-order chi connectivity index (χ1) is 2.84. The maximum atomic E-state index is 4.87. The van der Waals surface area contributed by atoms with Crippen molar-refractivity contribution in [3.8, 4) is 0 Å². The fraction of sp³-hybridized carbons (Fsp3) is 0.600. The largest absolute Gasteiger partial charge is 0.377 e. The molecule has 1 saturated carbocycles. The zero-order chi connectivity index (χ0) is 4.57. The van der Waals surface area contributed by atoms with Crippen molar-refractivity contribution >= 4 is 0 Å². The first-order valence-corrected chi connectivity index (χ1v) is 2.05. The summed E-state index contributed by atoms with van der Waals surface area (Å²) in [5.74, 6) is 0. The molecule has 1 rings (SSSR count). The van der Waals surface area contributed by atoms with Gasteiger partial charge in [-0.25, -0.2) is 0 Å². The van der Waals surface area contributed by atoms with Crippen LogP contribution >= 0.6 is 0 Å². The molecular formula is C5H8O. The Labute approximate surface area is 37.6 Å². The van der Waals surface area contributed by atoms with Gasteiger partial charge in [-0.05, 0) is 5.57 Å². The predicted octanol–water partition coefficient (Wildman–Crippen LogP) is 0.961. The van der Waals surface area contributed by atoms with E-state index in [9.17, 15) is 0 Å². The van der Waals surface area contributed by atoms with E-state index in [0.717, 1.165) is 6.42 Å². The lowest BCUT2D eigenvalue weighted by atomic mass is 10.7. The van der Waals surface area contributed by atoms with Crippen LogP contribution in [-0.4, -0.2) is 13.2 Å². The Morgan fingerprint density at radius 3 is 2.50 bits per heavy atom. The molecule has 0 radical (unpaired) electrons. The summed E-state index contributed by atoms with van der Waals surface area (Å²) in [6.45, 7) is 3.69. The Hall–Kier alpha value is -0.300. The van der Waals surface area contributed by atoms with Crippen LogP contribution < -0.4 is 0 Å². The van der Waals surface area contributed by atoms with Crippen LogP contribution in [0.3, 0.4) is 0 Å². The number of hydrogen-bond donors (Lipinski definition) is 0. The van der Waals surface area contributed by atoms with Crippen molar-refractivity contribution in [3.63, 3.8) is 0 Å². The predicted molar refractivity (Wildman–Crippen MR) is 24.6 cm³/mol. The van der Waals surface area contributed by atoms with Crippen molar-refractivity contribution in [1.82, 2.24) is 0 Å². The van der Waals surface area contributed by atoms with Gasteiger partial charge >= 0.3 is 0 Å². The highest BCUT2D eigenvalue weighted by Crippen LogP contribution is 2.29. The maximum Gasteiger partial charge on any atom is 0.0817 e. The molecule has 1 fully saturated rings. The molecule has 0 heterocycles. The molecule has 0 aromatic heterocycles. The van der Waals surface area contributed by atoms with Gasteiger partial charge in [0.2, 0.25) is 0 Å². The van der Waals surface area contributed by atoms with Crippen molar-refractivity contribution in [3.05, 3.63) is 12.2 Å². The highest BCUT2D eigenvalue weighted by Gasteiger charge is 2.26. The zero-order valence-electron chi connectivity index (χ0n) is 3.90. The highest BCUT2D eigenvalue weighted by atomic mass is 16.5. The molecule has 0 amide bonds. The smallest absolute Gasteiger partial charge is 0.0817 e. The monoisotopic (exact) mass is 84.1 g/mol. The van der Waals surface area contributed by atoms with E-state index in [1.165, 1.54) is 5.57 Å². The van der Waals surface area contributed by atoms with Crippen LogP contribution in [0.1, 0.15) is 6.42 Å². The molecule has 6 heavy (non-hydrogen) atoms. The van der Waals surface area contributed by atoms with Crippen molar-refractivity contribution in [2.45, 2.75) is 12.5 Å². The summed E-state index contributed by atoms with van der Waals surface area (Å²) < 4.78 is 4.87. The van der Waals surface area contributed by atoms with Gasteiger partial charge in [-0.15, -0.1) is 0 Å². The Kier molecular flexibility index (Phi) is 0.701. The summed E-state index contributed by atoms with van der Waals surface area (Å²) in [6.07, 6.45) is 1.49. The maximum absolute atomic E-state index is 4.87. The lowest BCUT2D eigenvalue weighted by molar-refractivity contribution is 0.192. The fourth-order valence-electron chi connectivity index (χ4n) is 0.429. The Balaban J connectivity index is 2.26. The van der Waals surface area contributed by atoms with Crippen LogP contribution in [0.4, 0.5) is 0 Å². The Morgan fingerprint density at radius 1 is 2.00 bits per heavy atom. The molecule has 1 aliphatic rings. The van der Waals surface area contributed by atoms with Gasteiger partial charge in [0.25, 0.3) is 0 Å². The van der Waals surface area contributed by atoms with Gasteiger partial charge in [-0.2, -0.15) is 0 Å². The van der Waals surface area contributed by atoms with Crippen LogP contribution in [0.2, 0.25) is 0 Å². The summed E-state index contributed by atoms with van der Waals surface area (Å²) in [5, 5.41) is 0. The summed E-state index contributed by atoms with van der Waals surface area (Å²) >= 11 is 0. The number of methoxy groups -OCH3 is 1. The standard InChI is InChI=1S/C5H8O/c1-4-3-5(4)6-2/h5H,1,3H2,2H3/t5-/m1/s1. The molecule has 1 atom stereocenters. The molecule has 0 unspecified atom stereocenters. The topological polar surface area (TPSA) is 9.23 Å². The quantitative estimate of drug-likeness (QED) is 0.430. The molecule has 1 nitrogen and oxygen atoms in total. The third-order valence-corrected chi connectivity index (χ3v) is 1.03. The Morgan fingerprint density at radius 2 is 2.50 bits per heavy atom. The van der Waals surface area contributed by atoms with E-state index in [0.29, 0.717) is 6.10 Å². The van der Waals surface area contributed by atoms with Gasteiger partial charge in [0.1, 0.15) is 0 Å². The first-order valence-electron chi connectivity index (χ1n) is 2.05. The molecular weight excluding hydrogens is 76.1 g/mol. The molecule has 0 spiro atoms. The minimum Gasteiger partial charge on any atom is -0.377 e. The molecule has 0 bridgehead atoms. The minimum atomic E-state index is 0.407. The fourth-order valence-corrected chi connectivity index (χ4v) is 0.429. The zero-order valence-corrected chi connectivity index (χ0v) is 3.90. The third-order valence-electron chi connectivity index (χ3n) is 1.03. The van der Waals surface area contributed by atoms with Crippen molar-refractivity contribution in [2.24, 2.45) is 0 Å². The van der Waals surface area contributed by atoms with E-state index in [2.05, 4.69) is 6.58 Å². The van der Waals surface area contributed by atoms with Crippen LogP contribution in [0, 0.1) is 0 Å². The molecule has 0 aliphatic heterocycles. The second-order valence-electron chi connectivity index (χ2n) is 1.59. The molecule has 34 valence electrons. The summed E-state index contributed by atoms with van der Waals surface area (Å²) in [7, 11) is 1.71. The van der Waals surface area contributed by atoms with Gasteiger partial charge in [0.05, 0.1) is 6.10 Å². The van der Waals surface area contributed by atoms with Crippen LogP contribution in [0.15, 0.2) is 12.2 Å². The second kappa shape index (κ2) is 1.09. The SMILES string of the molecule is C=C1C[C@H]1OC.